The molecule has 1 saturated heterocycles. The van der Waals surface area contributed by atoms with Gasteiger partial charge in [0, 0.05) is 14.1 Å². The number of aliphatic hydroxyl groups is 1. The van der Waals surface area contributed by atoms with E-state index in [0.29, 0.717) is 17.2 Å². The first-order chi connectivity index (χ1) is 19.4. The molecule has 0 amide bonds. The second-order valence-electron chi connectivity index (χ2n) is 9.69. The van der Waals surface area contributed by atoms with Crippen LogP contribution in [-0.2, 0) is 23.4 Å². The first-order valence-electron chi connectivity index (χ1n) is 12.8. The Labute approximate surface area is 241 Å². The Morgan fingerprint density at radius 3 is 2.68 bits per heavy atom. The Kier molecular flexibility index (Phi) is 9.52. The van der Waals surface area contributed by atoms with Gasteiger partial charge < -0.3 is 24.0 Å². The molecule has 0 radical (unpaired) electrons. The fourth-order valence-corrected chi connectivity index (χ4v) is 6.11. The Bertz CT molecular complexity index is 1420. The van der Waals surface area contributed by atoms with Gasteiger partial charge in [0.1, 0.15) is 29.3 Å². The SMILES string of the molecule is CCOC(=O)[C@H](C)N[P@](=O)(OC[C@@]1(CCl)O[C@@H](n2cnc3c(N(C)C)nc(C)nc32)[C@H](F)[C@@H]1O)Oc1ccccc1. The van der Waals surface area contributed by atoms with E-state index in [2.05, 4.69) is 20.0 Å². The molecule has 1 aromatic carbocycles. The number of hydrogen-bond donors (Lipinski definition) is 2. The van der Waals surface area contributed by atoms with E-state index >= 15 is 4.39 Å². The fourth-order valence-electron chi connectivity index (χ4n) is 4.27. The number of carbonyl (C=O) groups is 1. The van der Waals surface area contributed by atoms with E-state index in [0.717, 1.165) is 0 Å². The quantitative estimate of drug-likeness (QED) is 0.175. The molecule has 2 aromatic heterocycles. The predicted molar refractivity (Wildman–Crippen MR) is 149 cm³/mol. The number of imidazole rings is 1. The molecule has 1 fully saturated rings. The van der Waals surface area contributed by atoms with Crippen LogP contribution in [-0.4, -0.2) is 87.7 Å². The van der Waals surface area contributed by atoms with Crippen molar-refractivity contribution in [2.75, 3.05) is 38.1 Å². The van der Waals surface area contributed by atoms with Crippen LogP contribution in [0.5, 0.6) is 5.75 Å². The number of nitrogens with zero attached hydrogens (tertiary/aromatic N) is 5. The van der Waals surface area contributed by atoms with Gasteiger partial charge in [0.25, 0.3) is 0 Å². The van der Waals surface area contributed by atoms with Crippen LogP contribution in [0.15, 0.2) is 36.7 Å². The van der Waals surface area contributed by atoms with Crippen molar-refractivity contribution in [1.82, 2.24) is 24.6 Å². The lowest BCUT2D eigenvalue weighted by Crippen LogP contribution is -2.48. The zero-order valence-electron chi connectivity index (χ0n) is 23.2. The molecule has 3 aromatic rings. The molecule has 6 atom stereocenters. The summed E-state index contributed by atoms with van der Waals surface area (Å²) in [7, 11) is -0.764. The lowest BCUT2D eigenvalue weighted by molar-refractivity contribution is -0.144. The number of carbonyl (C=O) groups excluding carboxylic acids is 1. The summed E-state index contributed by atoms with van der Waals surface area (Å²) in [6, 6.07) is 7.01. The lowest BCUT2D eigenvalue weighted by Gasteiger charge is -2.31. The molecule has 1 aliphatic rings. The minimum absolute atomic E-state index is 0.105. The largest absolute Gasteiger partial charge is 0.465 e. The van der Waals surface area contributed by atoms with Gasteiger partial charge in [0.2, 0.25) is 0 Å². The standard InChI is InChI=1S/C25H33ClFN6O7P/c1-6-37-24(35)15(2)31-41(36,40-17-10-8-7-9-11-17)38-13-25(12-26)20(34)18(27)23(39-25)33-14-28-19-21(32(4)5)29-16(3)30-22(19)33/h7-11,14-15,18,20,23,34H,6,12-13H2,1-5H3,(H,31,36)/t15-,18+,20-,23+,25+,41-/m0/s1. The molecule has 0 unspecified atom stereocenters. The van der Waals surface area contributed by atoms with Crippen molar-refractivity contribution in [1.29, 1.82) is 0 Å². The van der Waals surface area contributed by atoms with Gasteiger partial charge in [-0.15, -0.1) is 11.6 Å². The van der Waals surface area contributed by atoms with Crippen molar-refractivity contribution in [3.05, 3.63) is 42.5 Å². The maximum atomic E-state index is 15.7. The molecule has 13 nitrogen and oxygen atoms in total. The van der Waals surface area contributed by atoms with Gasteiger partial charge in [-0.1, -0.05) is 18.2 Å². The number of benzene rings is 1. The number of alkyl halides is 2. The molecule has 0 saturated carbocycles. The van der Waals surface area contributed by atoms with Gasteiger partial charge >= 0.3 is 13.7 Å². The number of ether oxygens (including phenoxy) is 2. The monoisotopic (exact) mass is 614 g/mol. The molecule has 16 heteroatoms. The summed E-state index contributed by atoms with van der Waals surface area (Å²) in [5.41, 5.74) is -1.17. The minimum Gasteiger partial charge on any atom is -0.465 e. The van der Waals surface area contributed by atoms with Crippen molar-refractivity contribution in [3.63, 3.8) is 0 Å². The van der Waals surface area contributed by atoms with E-state index in [1.165, 1.54) is 30.0 Å². The summed E-state index contributed by atoms with van der Waals surface area (Å²) in [6.45, 7) is 4.18. The van der Waals surface area contributed by atoms with E-state index < -0.39 is 56.3 Å². The average Bonchev–Trinajstić information content (AvgIpc) is 3.46. The Morgan fingerprint density at radius 2 is 2.05 bits per heavy atom. The first kappa shape index (κ1) is 31.1. The van der Waals surface area contributed by atoms with Crippen LogP contribution in [0.3, 0.4) is 0 Å². The summed E-state index contributed by atoms with van der Waals surface area (Å²) in [5.74, 6) is -0.0157. The smallest absolute Gasteiger partial charge is 0.459 e. The first-order valence-corrected chi connectivity index (χ1v) is 14.9. The second kappa shape index (κ2) is 12.6. The number of anilines is 1. The lowest BCUT2D eigenvalue weighted by atomic mass is 9.99. The van der Waals surface area contributed by atoms with E-state index in [1.54, 1.807) is 51.0 Å². The summed E-state index contributed by atoms with van der Waals surface area (Å²) in [5, 5.41) is 13.5. The molecule has 224 valence electrons. The molecule has 0 spiro atoms. The van der Waals surface area contributed by atoms with Crippen molar-refractivity contribution < 1.29 is 37.4 Å². The third-order valence-electron chi connectivity index (χ3n) is 6.35. The highest BCUT2D eigenvalue weighted by atomic mass is 35.5. The third kappa shape index (κ3) is 6.47. The number of halogens is 2. The number of esters is 1. The molecule has 0 bridgehead atoms. The number of aryl methyl sites for hydroxylation is 1. The molecular weight excluding hydrogens is 582 g/mol. The number of fused-ring (bicyclic) bond motifs is 1. The molecule has 2 N–H and O–H groups in total. The maximum Gasteiger partial charge on any atom is 0.459 e. The summed E-state index contributed by atoms with van der Waals surface area (Å²) in [6.07, 6.45) is -3.85. The second-order valence-corrected chi connectivity index (χ2v) is 11.6. The van der Waals surface area contributed by atoms with Crippen LogP contribution in [0.4, 0.5) is 10.2 Å². The van der Waals surface area contributed by atoms with E-state index in [4.69, 9.17) is 30.1 Å². The van der Waals surface area contributed by atoms with Crippen LogP contribution in [0.25, 0.3) is 11.2 Å². The Balaban J connectivity index is 1.62. The van der Waals surface area contributed by atoms with Gasteiger partial charge in [0.15, 0.2) is 29.4 Å². The highest BCUT2D eigenvalue weighted by Crippen LogP contribution is 2.49. The van der Waals surface area contributed by atoms with Gasteiger partial charge in [-0.2, -0.15) is 5.09 Å². The van der Waals surface area contributed by atoms with Gasteiger partial charge in [0.05, 0.1) is 25.4 Å². The molecule has 0 aliphatic carbocycles. The zero-order chi connectivity index (χ0) is 29.9. The van der Waals surface area contributed by atoms with E-state index in [1.807, 2.05) is 0 Å². The normalized spacial score (nSPS) is 24.6. The number of hydrogen-bond acceptors (Lipinski definition) is 11. The summed E-state index contributed by atoms with van der Waals surface area (Å²) < 4.78 is 53.2. The Morgan fingerprint density at radius 1 is 1.34 bits per heavy atom. The third-order valence-corrected chi connectivity index (χ3v) is 8.42. The molecular formula is C25H33ClFN6O7P. The van der Waals surface area contributed by atoms with Crippen molar-refractivity contribution >= 4 is 42.3 Å². The number of nitrogens with one attached hydrogen (secondary N) is 1. The van der Waals surface area contributed by atoms with Gasteiger partial charge in [-0.25, -0.2) is 23.9 Å². The van der Waals surface area contributed by atoms with Crippen LogP contribution in [0.1, 0.15) is 25.9 Å². The topological polar surface area (TPSA) is 150 Å². The van der Waals surface area contributed by atoms with Crippen LogP contribution in [0, 0.1) is 6.92 Å². The highest BCUT2D eigenvalue weighted by molar-refractivity contribution is 7.52. The zero-order valence-corrected chi connectivity index (χ0v) is 24.9. The average molecular weight is 615 g/mol. The van der Waals surface area contributed by atoms with Crippen LogP contribution in [0.2, 0.25) is 0 Å². The van der Waals surface area contributed by atoms with E-state index in [-0.39, 0.29) is 18.0 Å². The van der Waals surface area contributed by atoms with Crippen molar-refractivity contribution in [2.24, 2.45) is 0 Å². The van der Waals surface area contributed by atoms with Crippen LogP contribution < -0.4 is 14.5 Å². The summed E-state index contributed by atoms with van der Waals surface area (Å²) >= 11 is 6.23. The van der Waals surface area contributed by atoms with E-state index in [9.17, 15) is 14.5 Å². The number of aliphatic hydroxyl groups excluding tert-OH is 1. The molecule has 41 heavy (non-hydrogen) atoms. The van der Waals surface area contributed by atoms with Crippen LogP contribution >= 0.6 is 19.3 Å². The van der Waals surface area contributed by atoms with Gasteiger partial charge in [-0.05, 0) is 32.9 Å². The fraction of sp³-hybridized carbons (Fsp3) is 0.520. The number of aromatic nitrogens is 4. The molecule has 4 rings (SSSR count). The maximum absolute atomic E-state index is 15.7. The minimum atomic E-state index is -4.34. The molecule has 1 aliphatic heterocycles. The highest BCUT2D eigenvalue weighted by Gasteiger charge is 2.57. The van der Waals surface area contributed by atoms with Gasteiger partial charge in [-0.3, -0.25) is 13.9 Å². The predicted octanol–water partition coefficient (Wildman–Crippen LogP) is 3.15. The summed E-state index contributed by atoms with van der Waals surface area (Å²) in [4.78, 5) is 27.1. The molecule has 3 heterocycles. The van der Waals surface area contributed by atoms with Crippen molar-refractivity contribution in [2.45, 2.75) is 50.9 Å². The number of rotatable bonds is 12. The Hall–Kier alpha value is -2.87. The number of para-hydroxylation sites is 1. The van der Waals surface area contributed by atoms with Crippen molar-refractivity contribution in [3.8, 4) is 5.75 Å².